The van der Waals surface area contributed by atoms with Crippen molar-refractivity contribution in [3.05, 3.63) is 28.8 Å². The highest BCUT2D eigenvalue weighted by atomic mass is 35.5. The van der Waals surface area contributed by atoms with E-state index in [9.17, 15) is 5.11 Å². The van der Waals surface area contributed by atoms with Gasteiger partial charge in [0.15, 0.2) is 0 Å². The molecule has 0 spiro atoms. The Hall–Kier alpha value is -0.810. The van der Waals surface area contributed by atoms with E-state index in [-0.39, 0.29) is 18.0 Å². The van der Waals surface area contributed by atoms with Crippen molar-refractivity contribution in [2.45, 2.75) is 18.8 Å². The highest BCUT2D eigenvalue weighted by Gasteiger charge is 2.32. The summed E-state index contributed by atoms with van der Waals surface area (Å²) in [6.07, 6.45) is 0.227. The van der Waals surface area contributed by atoms with Crippen molar-refractivity contribution < 1.29 is 14.6 Å². The Balaban J connectivity index is 2.00. The number of halogens is 1. The van der Waals surface area contributed by atoms with Crippen LogP contribution in [0.4, 0.5) is 0 Å². The average Bonchev–Trinajstić information content (AvgIpc) is 2.76. The van der Waals surface area contributed by atoms with Crippen LogP contribution < -0.4 is 0 Å². The fourth-order valence-corrected chi connectivity index (χ4v) is 2.51. The summed E-state index contributed by atoms with van der Waals surface area (Å²) in [5, 5.41) is 9.77. The second-order valence-corrected chi connectivity index (χ2v) is 4.94. The van der Waals surface area contributed by atoms with E-state index in [1.54, 1.807) is 26.4 Å². The maximum Gasteiger partial charge on any atom is 0.134 e. The first kappa shape index (κ1) is 13.6. The number of ether oxygens (including phenoxy) is 2. The lowest BCUT2D eigenvalue weighted by molar-refractivity contribution is -0.00461. The lowest BCUT2D eigenvalue weighted by Crippen LogP contribution is -2.27. The molecule has 1 fully saturated rings. The van der Waals surface area contributed by atoms with Crippen LogP contribution in [0.25, 0.3) is 0 Å². The van der Waals surface area contributed by atoms with Crippen LogP contribution in [0.2, 0.25) is 5.02 Å². The standard InChI is InChI=1S/C13H18ClNO3/c1-17-12-7-15(8-13(12)18-2)6-9-3-4-11(16)10(14)5-9/h3-5,12-13,16H,6-8H2,1-2H3. The molecule has 100 valence electrons. The average molecular weight is 272 g/mol. The summed E-state index contributed by atoms with van der Waals surface area (Å²) in [5.74, 6) is 0.117. The summed E-state index contributed by atoms with van der Waals surface area (Å²) in [7, 11) is 3.41. The first-order chi connectivity index (χ1) is 8.63. The number of methoxy groups -OCH3 is 2. The minimum Gasteiger partial charge on any atom is -0.506 e. The maximum atomic E-state index is 9.38. The summed E-state index contributed by atoms with van der Waals surface area (Å²) >= 11 is 5.89. The Kier molecular flexibility index (Phi) is 4.45. The quantitative estimate of drug-likeness (QED) is 0.908. The zero-order valence-electron chi connectivity index (χ0n) is 10.6. The largest absolute Gasteiger partial charge is 0.506 e. The zero-order valence-corrected chi connectivity index (χ0v) is 11.4. The van der Waals surface area contributed by atoms with E-state index in [1.807, 2.05) is 6.07 Å². The maximum absolute atomic E-state index is 9.38. The molecule has 0 saturated carbocycles. The molecule has 1 saturated heterocycles. The highest BCUT2D eigenvalue weighted by Crippen LogP contribution is 2.25. The molecular weight excluding hydrogens is 254 g/mol. The van der Waals surface area contributed by atoms with Crippen LogP contribution in [0.3, 0.4) is 0 Å². The Morgan fingerprint density at radius 1 is 1.28 bits per heavy atom. The number of hydrogen-bond donors (Lipinski definition) is 1. The number of rotatable bonds is 4. The molecule has 4 nitrogen and oxygen atoms in total. The molecule has 1 aliphatic rings. The molecule has 0 bridgehead atoms. The van der Waals surface area contributed by atoms with Gasteiger partial charge in [-0.1, -0.05) is 17.7 Å². The fourth-order valence-electron chi connectivity index (χ4n) is 2.31. The molecule has 18 heavy (non-hydrogen) atoms. The Labute approximate surface area is 112 Å². The SMILES string of the molecule is COC1CN(Cc2ccc(O)c(Cl)c2)CC1OC. The molecule has 1 aromatic carbocycles. The normalized spacial score (nSPS) is 24.6. The number of likely N-dealkylation sites (tertiary alicyclic amines) is 1. The molecular formula is C13H18ClNO3. The molecule has 2 atom stereocenters. The van der Waals surface area contributed by atoms with Gasteiger partial charge in [0.1, 0.15) is 5.75 Å². The Bertz CT molecular complexity index is 401. The number of benzene rings is 1. The predicted molar refractivity (Wildman–Crippen MR) is 70.0 cm³/mol. The lowest BCUT2D eigenvalue weighted by Gasteiger charge is -2.15. The fraction of sp³-hybridized carbons (Fsp3) is 0.538. The molecule has 1 aromatic rings. The smallest absolute Gasteiger partial charge is 0.134 e. The van der Waals surface area contributed by atoms with Crippen LogP contribution in [-0.4, -0.2) is 49.5 Å². The predicted octanol–water partition coefficient (Wildman–Crippen LogP) is 1.89. The van der Waals surface area contributed by atoms with Gasteiger partial charge in [-0.3, -0.25) is 4.90 Å². The van der Waals surface area contributed by atoms with E-state index in [4.69, 9.17) is 21.1 Å². The van der Waals surface area contributed by atoms with Gasteiger partial charge >= 0.3 is 0 Å². The van der Waals surface area contributed by atoms with Crippen molar-refractivity contribution >= 4 is 11.6 Å². The van der Waals surface area contributed by atoms with Gasteiger partial charge < -0.3 is 14.6 Å². The monoisotopic (exact) mass is 271 g/mol. The van der Waals surface area contributed by atoms with Gasteiger partial charge in [0, 0.05) is 33.9 Å². The number of phenolic OH excluding ortho intramolecular Hbond substituents is 1. The van der Waals surface area contributed by atoms with Crippen LogP contribution in [0.1, 0.15) is 5.56 Å². The summed E-state index contributed by atoms with van der Waals surface area (Å²) < 4.78 is 10.8. The molecule has 1 N–H and O–H groups in total. The highest BCUT2D eigenvalue weighted by molar-refractivity contribution is 6.32. The van der Waals surface area contributed by atoms with Gasteiger partial charge in [0.05, 0.1) is 17.2 Å². The van der Waals surface area contributed by atoms with E-state index in [2.05, 4.69) is 4.90 Å². The first-order valence-corrected chi connectivity index (χ1v) is 6.27. The van der Waals surface area contributed by atoms with E-state index < -0.39 is 0 Å². The second-order valence-electron chi connectivity index (χ2n) is 4.53. The summed E-state index contributed by atoms with van der Waals surface area (Å²) in [4.78, 5) is 2.26. The van der Waals surface area contributed by atoms with Gasteiger partial charge in [0.25, 0.3) is 0 Å². The second kappa shape index (κ2) is 5.89. The van der Waals surface area contributed by atoms with Crippen molar-refractivity contribution in [2.75, 3.05) is 27.3 Å². The van der Waals surface area contributed by atoms with Crippen molar-refractivity contribution in [3.63, 3.8) is 0 Å². The van der Waals surface area contributed by atoms with Crippen LogP contribution in [0, 0.1) is 0 Å². The topological polar surface area (TPSA) is 41.9 Å². The number of hydrogen-bond acceptors (Lipinski definition) is 4. The van der Waals surface area contributed by atoms with Crippen molar-refractivity contribution in [2.24, 2.45) is 0 Å². The van der Waals surface area contributed by atoms with Crippen molar-refractivity contribution in [3.8, 4) is 5.75 Å². The minimum atomic E-state index is 0.114. The number of aromatic hydroxyl groups is 1. The van der Waals surface area contributed by atoms with Crippen molar-refractivity contribution in [1.82, 2.24) is 4.90 Å². The molecule has 0 aliphatic carbocycles. The van der Waals surface area contributed by atoms with E-state index in [0.717, 1.165) is 25.2 Å². The lowest BCUT2D eigenvalue weighted by atomic mass is 10.2. The third kappa shape index (κ3) is 2.95. The van der Waals surface area contributed by atoms with E-state index in [1.165, 1.54) is 0 Å². The Morgan fingerprint density at radius 3 is 2.39 bits per heavy atom. The molecule has 2 rings (SSSR count). The molecule has 0 radical (unpaired) electrons. The molecule has 2 unspecified atom stereocenters. The zero-order chi connectivity index (χ0) is 13.1. The third-order valence-electron chi connectivity index (χ3n) is 3.31. The van der Waals surface area contributed by atoms with Crippen LogP contribution in [0.5, 0.6) is 5.75 Å². The van der Waals surface area contributed by atoms with E-state index >= 15 is 0 Å². The van der Waals surface area contributed by atoms with Crippen LogP contribution in [0.15, 0.2) is 18.2 Å². The van der Waals surface area contributed by atoms with Gasteiger partial charge in [-0.15, -0.1) is 0 Å². The first-order valence-electron chi connectivity index (χ1n) is 5.89. The van der Waals surface area contributed by atoms with E-state index in [0.29, 0.717) is 5.02 Å². The summed E-state index contributed by atoms with van der Waals surface area (Å²) in [5.41, 5.74) is 1.07. The Morgan fingerprint density at radius 2 is 1.89 bits per heavy atom. The number of nitrogens with zero attached hydrogens (tertiary/aromatic N) is 1. The minimum absolute atomic E-state index is 0.114. The summed E-state index contributed by atoms with van der Waals surface area (Å²) in [6, 6.07) is 5.29. The van der Waals surface area contributed by atoms with Gasteiger partial charge in [-0.2, -0.15) is 0 Å². The number of phenols is 1. The molecule has 1 heterocycles. The van der Waals surface area contributed by atoms with Gasteiger partial charge in [-0.25, -0.2) is 0 Å². The summed E-state index contributed by atoms with van der Waals surface area (Å²) in [6.45, 7) is 2.46. The molecule has 1 aliphatic heterocycles. The molecule has 0 amide bonds. The van der Waals surface area contributed by atoms with Crippen molar-refractivity contribution in [1.29, 1.82) is 0 Å². The molecule has 5 heteroatoms. The van der Waals surface area contributed by atoms with Gasteiger partial charge in [0.2, 0.25) is 0 Å². The van der Waals surface area contributed by atoms with Crippen LogP contribution >= 0.6 is 11.6 Å². The van der Waals surface area contributed by atoms with Gasteiger partial charge in [-0.05, 0) is 17.7 Å². The molecule has 0 aromatic heterocycles. The van der Waals surface area contributed by atoms with Crippen LogP contribution in [-0.2, 0) is 16.0 Å². The third-order valence-corrected chi connectivity index (χ3v) is 3.62.